The summed E-state index contributed by atoms with van der Waals surface area (Å²) in [6, 6.07) is 7.95. The highest BCUT2D eigenvalue weighted by Gasteiger charge is 2.11. The summed E-state index contributed by atoms with van der Waals surface area (Å²) < 4.78 is 5.16. The Kier molecular flexibility index (Phi) is 6.54. The molecule has 0 aliphatic rings. The number of rotatable bonds is 7. The molecule has 0 fully saturated rings. The third kappa shape index (κ3) is 5.65. The first-order valence-corrected chi connectivity index (χ1v) is 8.81. The molecular weight excluding hydrogens is 334 g/mol. The van der Waals surface area contributed by atoms with Gasteiger partial charge >= 0.3 is 5.97 Å². The molecule has 0 bridgehead atoms. The first kappa shape index (κ1) is 17.4. The second kappa shape index (κ2) is 8.64. The molecule has 6 nitrogen and oxygen atoms in total. The SMILES string of the molecule is CCc1ccc(CC(=O)Nc2nnc(SCC(=O)OC)s2)cc1. The van der Waals surface area contributed by atoms with E-state index in [9.17, 15) is 9.59 Å². The van der Waals surface area contributed by atoms with Crippen LogP contribution in [0.5, 0.6) is 0 Å². The number of amides is 1. The third-order valence-corrected chi connectivity index (χ3v) is 4.94. The molecule has 1 aromatic carbocycles. The lowest BCUT2D eigenvalue weighted by molar-refractivity contribution is -0.137. The number of esters is 1. The Hall–Kier alpha value is -1.93. The normalized spacial score (nSPS) is 10.3. The molecule has 0 spiro atoms. The molecule has 0 atom stereocenters. The van der Waals surface area contributed by atoms with Gasteiger partial charge in [0.05, 0.1) is 19.3 Å². The molecule has 1 heterocycles. The topological polar surface area (TPSA) is 81.2 Å². The van der Waals surface area contributed by atoms with Crippen LogP contribution >= 0.6 is 23.1 Å². The second-order valence-electron chi connectivity index (χ2n) is 4.63. The van der Waals surface area contributed by atoms with Crippen molar-refractivity contribution in [2.75, 3.05) is 18.2 Å². The van der Waals surface area contributed by atoms with Crippen LogP contribution < -0.4 is 5.32 Å². The molecule has 0 saturated carbocycles. The predicted molar refractivity (Wildman–Crippen MR) is 90.8 cm³/mol. The van der Waals surface area contributed by atoms with Crippen LogP contribution in [0.2, 0.25) is 0 Å². The standard InChI is InChI=1S/C15H17N3O3S2/c1-3-10-4-6-11(7-5-10)8-12(19)16-14-17-18-15(23-14)22-9-13(20)21-2/h4-7H,3,8-9H2,1-2H3,(H,16,17,19). The van der Waals surface area contributed by atoms with Crippen molar-refractivity contribution >= 4 is 40.1 Å². The Morgan fingerprint density at radius 3 is 2.57 bits per heavy atom. The molecule has 0 aliphatic carbocycles. The largest absolute Gasteiger partial charge is 0.468 e. The van der Waals surface area contributed by atoms with Gasteiger partial charge in [-0.15, -0.1) is 10.2 Å². The van der Waals surface area contributed by atoms with Gasteiger partial charge in [0, 0.05) is 0 Å². The molecule has 0 aliphatic heterocycles. The maximum absolute atomic E-state index is 12.0. The molecule has 0 saturated heterocycles. The van der Waals surface area contributed by atoms with Crippen molar-refractivity contribution < 1.29 is 14.3 Å². The molecule has 0 radical (unpaired) electrons. The van der Waals surface area contributed by atoms with Gasteiger partial charge in [0.25, 0.3) is 0 Å². The minimum absolute atomic E-state index is 0.144. The number of thioether (sulfide) groups is 1. The molecule has 1 N–H and O–H groups in total. The van der Waals surface area contributed by atoms with Crippen molar-refractivity contribution in [1.29, 1.82) is 0 Å². The summed E-state index contributed by atoms with van der Waals surface area (Å²) in [6.45, 7) is 2.09. The second-order valence-corrected chi connectivity index (χ2v) is 6.83. The summed E-state index contributed by atoms with van der Waals surface area (Å²) >= 11 is 2.46. The molecule has 122 valence electrons. The maximum atomic E-state index is 12.0. The minimum atomic E-state index is -0.327. The van der Waals surface area contributed by atoms with Crippen LogP contribution in [0.1, 0.15) is 18.1 Å². The molecular formula is C15H17N3O3S2. The number of hydrogen-bond acceptors (Lipinski definition) is 7. The zero-order valence-electron chi connectivity index (χ0n) is 12.9. The van der Waals surface area contributed by atoms with Crippen molar-refractivity contribution in [2.45, 2.75) is 24.1 Å². The Morgan fingerprint density at radius 2 is 1.91 bits per heavy atom. The van der Waals surface area contributed by atoms with Crippen molar-refractivity contribution in [3.8, 4) is 0 Å². The van der Waals surface area contributed by atoms with Gasteiger partial charge < -0.3 is 10.1 Å². The number of aromatic nitrogens is 2. The Labute approximate surface area is 142 Å². The third-order valence-electron chi connectivity index (χ3n) is 2.99. The highest BCUT2D eigenvalue weighted by molar-refractivity contribution is 8.01. The first-order valence-electron chi connectivity index (χ1n) is 7.01. The first-order chi connectivity index (χ1) is 11.1. The van der Waals surface area contributed by atoms with E-state index in [1.807, 2.05) is 24.3 Å². The number of ether oxygens (including phenoxy) is 1. The lowest BCUT2D eigenvalue weighted by Gasteiger charge is -2.02. The molecule has 23 heavy (non-hydrogen) atoms. The van der Waals surface area contributed by atoms with Gasteiger partial charge in [-0.05, 0) is 17.5 Å². The van der Waals surface area contributed by atoms with E-state index in [0.29, 0.717) is 9.47 Å². The number of aryl methyl sites for hydroxylation is 1. The predicted octanol–water partition coefficient (Wildman–Crippen LogP) is 2.55. The Bertz CT molecular complexity index is 671. The average Bonchev–Trinajstić information content (AvgIpc) is 3.00. The zero-order valence-corrected chi connectivity index (χ0v) is 14.5. The molecule has 1 aromatic heterocycles. The number of carbonyl (C=O) groups is 2. The van der Waals surface area contributed by atoms with Gasteiger partial charge in [-0.3, -0.25) is 9.59 Å². The summed E-state index contributed by atoms with van der Waals surface area (Å²) in [5.41, 5.74) is 2.19. The van der Waals surface area contributed by atoms with Gasteiger partial charge in [0.15, 0.2) is 4.34 Å². The fourth-order valence-corrected chi connectivity index (χ4v) is 3.34. The van der Waals surface area contributed by atoms with Gasteiger partial charge in [-0.2, -0.15) is 0 Å². The van der Waals surface area contributed by atoms with Crippen LogP contribution in [0, 0.1) is 0 Å². The van der Waals surface area contributed by atoms with Gasteiger partial charge in [0.1, 0.15) is 0 Å². The Balaban J connectivity index is 1.85. The fourth-order valence-electron chi connectivity index (χ4n) is 1.74. The van der Waals surface area contributed by atoms with Crippen molar-refractivity contribution in [3.05, 3.63) is 35.4 Å². The number of anilines is 1. The van der Waals surface area contributed by atoms with Gasteiger partial charge in [-0.1, -0.05) is 54.3 Å². The highest BCUT2D eigenvalue weighted by Crippen LogP contribution is 2.25. The van der Waals surface area contributed by atoms with E-state index in [-0.39, 0.29) is 24.1 Å². The molecule has 0 unspecified atom stereocenters. The lowest BCUT2D eigenvalue weighted by Crippen LogP contribution is -2.14. The van der Waals surface area contributed by atoms with E-state index in [1.165, 1.54) is 35.8 Å². The minimum Gasteiger partial charge on any atom is -0.468 e. The van der Waals surface area contributed by atoms with Crippen LogP contribution in [0.15, 0.2) is 28.6 Å². The van der Waals surface area contributed by atoms with E-state index in [1.54, 1.807) is 0 Å². The fraction of sp³-hybridized carbons (Fsp3) is 0.333. The van der Waals surface area contributed by atoms with E-state index < -0.39 is 0 Å². The number of carbonyl (C=O) groups excluding carboxylic acids is 2. The van der Waals surface area contributed by atoms with Crippen molar-refractivity contribution in [2.24, 2.45) is 0 Å². The lowest BCUT2D eigenvalue weighted by atomic mass is 10.1. The van der Waals surface area contributed by atoms with Crippen LogP contribution in [-0.4, -0.2) is 34.9 Å². The number of benzene rings is 1. The van der Waals surface area contributed by atoms with E-state index in [0.717, 1.165) is 12.0 Å². The van der Waals surface area contributed by atoms with Crippen LogP contribution in [-0.2, 0) is 27.2 Å². The van der Waals surface area contributed by atoms with Crippen LogP contribution in [0.3, 0.4) is 0 Å². The molecule has 1 amide bonds. The summed E-state index contributed by atoms with van der Waals surface area (Å²) in [6.07, 6.45) is 1.26. The molecule has 2 rings (SSSR count). The average molecular weight is 351 g/mol. The van der Waals surface area contributed by atoms with Crippen molar-refractivity contribution in [3.63, 3.8) is 0 Å². The van der Waals surface area contributed by atoms with Crippen LogP contribution in [0.25, 0.3) is 0 Å². The zero-order chi connectivity index (χ0) is 16.7. The molecule has 2 aromatic rings. The monoisotopic (exact) mass is 351 g/mol. The van der Waals surface area contributed by atoms with Gasteiger partial charge in [-0.25, -0.2) is 0 Å². The van der Waals surface area contributed by atoms with E-state index >= 15 is 0 Å². The van der Waals surface area contributed by atoms with E-state index in [4.69, 9.17) is 0 Å². The smallest absolute Gasteiger partial charge is 0.316 e. The quantitative estimate of drug-likeness (QED) is 0.469. The van der Waals surface area contributed by atoms with Gasteiger partial charge in [0.2, 0.25) is 11.0 Å². The highest BCUT2D eigenvalue weighted by atomic mass is 32.2. The van der Waals surface area contributed by atoms with Crippen LogP contribution in [0.4, 0.5) is 5.13 Å². The maximum Gasteiger partial charge on any atom is 0.316 e. The summed E-state index contributed by atoms with van der Waals surface area (Å²) in [5.74, 6) is -0.302. The number of nitrogens with one attached hydrogen (secondary N) is 1. The summed E-state index contributed by atoms with van der Waals surface area (Å²) in [4.78, 5) is 23.1. The number of nitrogens with zero attached hydrogens (tertiary/aromatic N) is 2. The Morgan fingerprint density at radius 1 is 1.22 bits per heavy atom. The number of hydrogen-bond donors (Lipinski definition) is 1. The van der Waals surface area contributed by atoms with Crippen molar-refractivity contribution in [1.82, 2.24) is 10.2 Å². The number of methoxy groups -OCH3 is 1. The molecule has 8 heteroatoms. The summed E-state index contributed by atoms with van der Waals surface area (Å²) in [7, 11) is 1.34. The summed E-state index contributed by atoms with van der Waals surface area (Å²) in [5, 5.41) is 10.9. The van der Waals surface area contributed by atoms with E-state index in [2.05, 4.69) is 27.2 Å².